The fourth-order valence-electron chi connectivity index (χ4n) is 3.29. The van der Waals surface area contributed by atoms with Crippen LogP contribution in [0.4, 0.5) is 0 Å². The number of aryl methyl sites for hydroxylation is 1. The van der Waals surface area contributed by atoms with Gasteiger partial charge in [0.2, 0.25) is 5.91 Å². The Labute approximate surface area is 158 Å². The number of rotatable bonds is 5. The summed E-state index contributed by atoms with van der Waals surface area (Å²) in [4.78, 5) is 19.3. The highest BCUT2D eigenvalue weighted by Crippen LogP contribution is 2.33. The van der Waals surface area contributed by atoms with Crippen LogP contribution in [0.5, 0.6) is 0 Å². The van der Waals surface area contributed by atoms with E-state index < -0.39 is 0 Å². The lowest BCUT2D eigenvalue weighted by Gasteiger charge is -2.24. The maximum absolute atomic E-state index is 12.8. The first-order valence-electron chi connectivity index (χ1n) is 8.99. The molecule has 0 bridgehead atoms. The van der Waals surface area contributed by atoms with Crippen LogP contribution in [-0.2, 0) is 17.9 Å². The molecule has 3 aromatic rings. The van der Waals surface area contributed by atoms with Crippen LogP contribution in [0.3, 0.4) is 0 Å². The van der Waals surface area contributed by atoms with Gasteiger partial charge in [-0.05, 0) is 37.0 Å². The van der Waals surface area contributed by atoms with Crippen molar-refractivity contribution in [2.24, 2.45) is 5.92 Å². The molecule has 4 heteroatoms. The Kier molecular flexibility index (Phi) is 4.64. The van der Waals surface area contributed by atoms with Crippen LogP contribution in [0.25, 0.3) is 10.9 Å². The smallest absolute Gasteiger partial charge is 0.226 e. The van der Waals surface area contributed by atoms with Crippen molar-refractivity contribution in [2.75, 3.05) is 0 Å². The number of halogens is 1. The number of fused-ring (bicyclic) bond motifs is 1. The van der Waals surface area contributed by atoms with Gasteiger partial charge in [0, 0.05) is 30.0 Å². The van der Waals surface area contributed by atoms with E-state index in [9.17, 15) is 4.79 Å². The third kappa shape index (κ3) is 3.58. The Hall–Kier alpha value is -2.39. The highest BCUT2D eigenvalue weighted by molar-refractivity contribution is 6.30. The highest BCUT2D eigenvalue weighted by Gasteiger charge is 2.33. The van der Waals surface area contributed by atoms with Crippen molar-refractivity contribution in [1.82, 2.24) is 9.88 Å². The quantitative estimate of drug-likeness (QED) is 0.587. The summed E-state index contributed by atoms with van der Waals surface area (Å²) in [6.45, 7) is 3.11. The van der Waals surface area contributed by atoms with E-state index in [1.807, 2.05) is 48.2 Å². The molecular formula is C22H21ClN2O. The standard InChI is InChI=1S/C22H21ClN2O/c1-15-6-5-9-18-12-19(21(23)24-20(15)18)14-25(22(26)17-10-11-17)13-16-7-3-2-4-8-16/h2-9,12,17H,10-11,13-14H2,1H3. The summed E-state index contributed by atoms with van der Waals surface area (Å²) < 4.78 is 0. The van der Waals surface area contributed by atoms with Gasteiger partial charge in [-0.2, -0.15) is 0 Å². The molecule has 0 saturated heterocycles. The van der Waals surface area contributed by atoms with Gasteiger partial charge in [0.05, 0.1) is 5.52 Å². The molecule has 0 spiro atoms. The molecular weight excluding hydrogens is 344 g/mol. The van der Waals surface area contributed by atoms with Crippen LogP contribution in [0, 0.1) is 12.8 Å². The zero-order valence-electron chi connectivity index (χ0n) is 14.8. The lowest BCUT2D eigenvalue weighted by molar-refractivity contribution is -0.133. The molecule has 1 amide bonds. The Morgan fingerprint density at radius 3 is 2.62 bits per heavy atom. The molecule has 1 saturated carbocycles. The summed E-state index contributed by atoms with van der Waals surface area (Å²) in [7, 11) is 0. The van der Waals surface area contributed by atoms with E-state index in [0.717, 1.165) is 40.4 Å². The largest absolute Gasteiger partial charge is 0.334 e. The van der Waals surface area contributed by atoms with Crippen LogP contribution in [0.2, 0.25) is 5.15 Å². The van der Waals surface area contributed by atoms with Crippen molar-refractivity contribution < 1.29 is 4.79 Å². The molecule has 0 atom stereocenters. The zero-order valence-corrected chi connectivity index (χ0v) is 15.5. The fourth-order valence-corrected chi connectivity index (χ4v) is 3.49. The highest BCUT2D eigenvalue weighted by atomic mass is 35.5. The van der Waals surface area contributed by atoms with Crippen LogP contribution < -0.4 is 0 Å². The molecule has 0 aliphatic heterocycles. The van der Waals surface area contributed by atoms with Crippen molar-refractivity contribution >= 4 is 28.4 Å². The molecule has 0 unspecified atom stereocenters. The number of pyridine rings is 1. The lowest BCUT2D eigenvalue weighted by atomic mass is 10.1. The van der Waals surface area contributed by atoms with Gasteiger partial charge in [-0.15, -0.1) is 0 Å². The summed E-state index contributed by atoms with van der Waals surface area (Å²) in [6, 6.07) is 18.3. The second-order valence-corrected chi connectivity index (χ2v) is 7.40. The Morgan fingerprint density at radius 2 is 1.88 bits per heavy atom. The van der Waals surface area contributed by atoms with Gasteiger partial charge in [-0.25, -0.2) is 4.98 Å². The zero-order chi connectivity index (χ0) is 18.1. The molecule has 1 aromatic heterocycles. The molecule has 1 aliphatic rings. The van der Waals surface area contributed by atoms with Crippen molar-refractivity contribution in [3.8, 4) is 0 Å². The third-order valence-corrected chi connectivity index (χ3v) is 5.22. The molecule has 0 N–H and O–H groups in total. The van der Waals surface area contributed by atoms with Crippen LogP contribution in [-0.4, -0.2) is 15.8 Å². The summed E-state index contributed by atoms with van der Waals surface area (Å²) in [6.07, 6.45) is 1.99. The van der Waals surface area contributed by atoms with E-state index in [4.69, 9.17) is 11.6 Å². The van der Waals surface area contributed by atoms with Gasteiger partial charge >= 0.3 is 0 Å². The second-order valence-electron chi connectivity index (χ2n) is 7.04. The molecule has 1 heterocycles. The fraction of sp³-hybridized carbons (Fsp3) is 0.273. The van der Waals surface area contributed by atoms with E-state index >= 15 is 0 Å². The molecule has 0 radical (unpaired) electrons. The van der Waals surface area contributed by atoms with Crippen molar-refractivity contribution in [1.29, 1.82) is 0 Å². The molecule has 4 rings (SSSR count). The summed E-state index contributed by atoms with van der Waals surface area (Å²) in [5, 5.41) is 1.54. The maximum Gasteiger partial charge on any atom is 0.226 e. The number of nitrogens with zero attached hydrogens (tertiary/aromatic N) is 2. The lowest BCUT2D eigenvalue weighted by Crippen LogP contribution is -2.31. The summed E-state index contributed by atoms with van der Waals surface area (Å²) in [5.41, 5.74) is 4.05. The molecule has 26 heavy (non-hydrogen) atoms. The monoisotopic (exact) mass is 364 g/mol. The normalized spacial score (nSPS) is 13.8. The maximum atomic E-state index is 12.8. The second kappa shape index (κ2) is 7.08. The number of amides is 1. The van der Waals surface area contributed by atoms with Gasteiger partial charge < -0.3 is 4.90 Å². The number of benzene rings is 2. The first-order valence-corrected chi connectivity index (χ1v) is 9.37. The van der Waals surface area contributed by atoms with E-state index in [1.165, 1.54) is 0 Å². The number of para-hydroxylation sites is 1. The molecule has 3 nitrogen and oxygen atoms in total. The first-order chi connectivity index (χ1) is 12.6. The number of hydrogen-bond acceptors (Lipinski definition) is 2. The van der Waals surface area contributed by atoms with Crippen LogP contribution in [0.15, 0.2) is 54.6 Å². The summed E-state index contributed by atoms with van der Waals surface area (Å²) >= 11 is 6.47. The minimum Gasteiger partial charge on any atom is -0.334 e. The summed E-state index contributed by atoms with van der Waals surface area (Å²) in [5.74, 6) is 0.391. The van der Waals surface area contributed by atoms with Crippen LogP contribution >= 0.6 is 11.6 Å². The predicted molar refractivity (Wildman–Crippen MR) is 105 cm³/mol. The first kappa shape index (κ1) is 17.0. The Balaban J connectivity index is 1.65. The van der Waals surface area contributed by atoms with Gasteiger partial charge in [0.15, 0.2) is 0 Å². The molecule has 1 fully saturated rings. The minimum absolute atomic E-state index is 0.174. The SMILES string of the molecule is Cc1cccc2cc(CN(Cc3ccccc3)C(=O)C3CC3)c(Cl)nc12. The molecule has 1 aliphatic carbocycles. The van der Waals surface area contributed by atoms with E-state index in [2.05, 4.69) is 23.2 Å². The Bertz CT molecular complexity index is 951. The topological polar surface area (TPSA) is 33.2 Å². The van der Waals surface area contributed by atoms with Gasteiger partial charge in [0.25, 0.3) is 0 Å². The number of carbonyl (C=O) groups excluding carboxylic acids is 1. The third-order valence-electron chi connectivity index (χ3n) is 4.89. The average molecular weight is 365 g/mol. The Morgan fingerprint density at radius 1 is 1.12 bits per heavy atom. The van der Waals surface area contributed by atoms with Crippen molar-refractivity contribution in [2.45, 2.75) is 32.9 Å². The number of hydrogen-bond donors (Lipinski definition) is 0. The average Bonchev–Trinajstić information content (AvgIpc) is 3.48. The van der Waals surface area contributed by atoms with Gasteiger partial charge in [0.1, 0.15) is 5.15 Å². The van der Waals surface area contributed by atoms with Crippen molar-refractivity contribution in [3.63, 3.8) is 0 Å². The van der Waals surface area contributed by atoms with Crippen LogP contribution in [0.1, 0.15) is 29.5 Å². The number of aromatic nitrogens is 1. The van der Waals surface area contributed by atoms with Gasteiger partial charge in [-0.1, -0.05) is 60.1 Å². The van der Waals surface area contributed by atoms with E-state index in [0.29, 0.717) is 18.2 Å². The van der Waals surface area contributed by atoms with Gasteiger partial charge in [-0.3, -0.25) is 4.79 Å². The molecule has 132 valence electrons. The van der Waals surface area contributed by atoms with E-state index in [-0.39, 0.29) is 11.8 Å². The number of carbonyl (C=O) groups is 1. The van der Waals surface area contributed by atoms with E-state index in [1.54, 1.807) is 0 Å². The minimum atomic E-state index is 0.174. The van der Waals surface area contributed by atoms with Crippen molar-refractivity contribution in [3.05, 3.63) is 76.4 Å². The predicted octanol–water partition coefficient (Wildman–Crippen LogP) is 5.14. The molecule has 2 aromatic carbocycles.